The van der Waals surface area contributed by atoms with E-state index in [2.05, 4.69) is 5.32 Å². The molecule has 13 heavy (non-hydrogen) atoms. The van der Waals surface area contributed by atoms with Crippen molar-refractivity contribution in [1.82, 2.24) is 10.2 Å². The fraction of sp³-hybridized carbons (Fsp3) is 0.571. The topological polar surface area (TPSA) is 82.2 Å². The van der Waals surface area contributed by atoms with Crippen LogP contribution in [0.15, 0.2) is 11.9 Å². The Morgan fingerprint density at radius 3 is 2.69 bits per heavy atom. The number of nitrogens with zero attached hydrogens (tertiary/aromatic N) is 3. The van der Waals surface area contributed by atoms with Crippen LogP contribution in [0.3, 0.4) is 0 Å². The van der Waals surface area contributed by atoms with Crippen molar-refractivity contribution in [2.24, 2.45) is 0 Å². The highest BCUT2D eigenvalue weighted by Crippen LogP contribution is 2.05. The molecule has 0 saturated carbocycles. The summed E-state index contributed by atoms with van der Waals surface area (Å²) in [5, 5.41) is 21.9. The maximum absolute atomic E-state index is 10.5. The zero-order chi connectivity index (χ0) is 9.68. The summed E-state index contributed by atoms with van der Waals surface area (Å²) < 4.78 is 0. The predicted molar refractivity (Wildman–Crippen MR) is 45.1 cm³/mol. The van der Waals surface area contributed by atoms with E-state index in [0.29, 0.717) is 13.1 Å². The first kappa shape index (κ1) is 9.48. The van der Waals surface area contributed by atoms with E-state index >= 15 is 0 Å². The quantitative estimate of drug-likeness (QED) is 0.355. The molecule has 6 heteroatoms. The minimum atomic E-state index is -0.519. The van der Waals surface area contributed by atoms with Crippen LogP contribution in [0.4, 0.5) is 0 Å². The Morgan fingerprint density at radius 2 is 2.23 bits per heavy atom. The molecular weight excluding hydrogens is 172 g/mol. The van der Waals surface area contributed by atoms with Crippen molar-refractivity contribution >= 4 is 0 Å². The molecule has 0 unspecified atom stereocenters. The van der Waals surface area contributed by atoms with Gasteiger partial charge in [-0.3, -0.25) is 4.90 Å². The Morgan fingerprint density at radius 1 is 1.62 bits per heavy atom. The van der Waals surface area contributed by atoms with Gasteiger partial charge in [-0.1, -0.05) is 0 Å². The molecular formula is C7H10N4O2. The third-order valence-electron chi connectivity index (χ3n) is 1.82. The summed E-state index contributed by atoms with van der Waals surface area (Å²) in [6, 6.07) is 1.68. The third-order valence-corrected chi connectivity index (χ3v) is 1.82. The molecule has 1 fully saturated rings. The van der Waals surface area contributed by atoms with Crippen molar-refractivity contribution in [3.8, 4) is 6.07 Å². The highest BCUT2D eigenvalue weighted by Gasteiger charge is 2.22. The van der Waals surface area contributed by atoms with Crippen LogP contribution in [0, 0.1) is 21.4 Å². The molecule has 0 bridgehead atoms. The number of nitriles is 1. The van der Waals surface area contributed by atoms with Gasteiger partial charge >= 0.3 is 5.82 Å². The lowest BCUT2D eigenvalue weighted by Crippen LogP contribution is -2.44. The fourth-order valence-electron chi connectivity index (χ4n) is 1.21. The Balaban J connectivity index is 2.70. The summed E-state index contributed by atoms with van der Waals surface area (Å²) in [6.45, 7) is 2.59. The second-order valence-corrected chi connectivity index (χ2v) is 2.63. The van der Waals surface area contributed by atoms with Gasteiger partial charge in [-0.2, -0.15) is 5.26 Å². The lowest BCUT2D eigenvalue weighted by Gasteiger charge is -2.22. The van der Waals surface area contributed by atoms with E-state index in [-0.39, 0.29) is 5.82 Å². The van der Waals surface area contributed by atoms with Crippen LogP contribution in [-0.2, 0) is 0 Å². The van der Waals surface area contributed by atoms with Crippen LogP contribution >= 0.6 is 0 Å². The first-order chi connectivity index (χ1) is 6.25. The van der Waals surface area contributed by atoms with Gasteiger partial charge in [0.2, 0.25) is 0 Å². The first-order valence-corrected chi connectivity index (χ1v) is 3.95. The summed E-state index contributed by atoms with van der Waals surface area (Å²) >= 11 is 0. The monoisotopic (exact) mass is 182 g/mol. The molecule has 0 aromatic rings. The minimum absolute atomic E-state index is 0.107. The zero-order valence-corrected chi connectivity index (χ0v) is 7.06. The molecule has 0 aromatic heterocycles. The summed E-state index contributed by atoms with van der Waals surface area (Å²) in [7, 11) is 0. The van der Waals surface area contributed by atoms with Gasteiger partial charge in [-0.25, -0.2) is 0 Å². The number of nitro groups is 1. The van der Waals surface area contributed by atoms with Gasteiger partial charge in [0.25, 0.3) is 0 Å². The fourth-order valence-corrected chi connectivity index (χ4v) is 1.21. The Labute approximate surface area is 75.6 Å². The van der Waals surface area contributed by atoms with Gasteiger partial charge in [0.15, 0.2) is 0 Å². The van der Waals surface area contributed by atoms with Crippen LogP contribution in [0.2, 0.25) is 0 Å². The van der Waals surface area contributed by atoms with Crippen molar-refractivity contribution in [2.45, 2.75) is 0 Å². The molecule has 1 rings (SSSR count). The van der Waals surface area contributed by atoms with Crippen LogP contribution in [0.5, 0.6) is 0 Å². The van der Waals surface area contributed by atoms with Crippen molar-refractivity contribution in [1.29, 1.82) is 5.26 Å². The molecule has 0 radical (unpaired) electrons. The van der Waals surface area contributed by atoms with E-state index in [1.54, 1.807) is 11.0 Å². The maximum atomic E-state index is 10.5. The van der Waals surface area contributed by atoms with Crippen LogP contribution in [-0.4, -0.2) is 36.0 Å². The van der Waals surface area contributed by atoms with Crippen LogP contribution < -0.4 is 5.32 Å². The van der Waals surface area contributed by atoms with E-state index in [1.165, 1.54) is 0 Å². The normalized spacial score (nSPS) is 18.1. The molecule has 1 saturated heterocycles. The van der Waals surface area contributed by atoms with Gasteiger partial charge in [-0.05, 0) is 4.92 Å². The van der Waals surface area contributed by atoms with E-state index in [0.717, 1.165) is 19.2 Å². The van der Waals surface area contributed by atoms with Gasteiger partial charge in [0.1, 0.15) is 6.08 Å². The average molecular weight is 182 g/mol. The minimum Gasteiger partial charge on any atom is -0.358 e. The van der Waals surface area contributed by atoms with Gasteiger partial charge in [-0.15, -0.1) is 0 Å². The molecule has 1 aliphatic rings. The standard InChI is InChI=1S/C7H10N4O2/c8-2-1-7(11(12)13)10-5-3-9-4-6-10/h1,9H,3-6H2/b7-1+. The van der Waals surface area contributed by atoms with Crippen molar-refractivity contribution in [3.63, 3.8) is 0 Å². The lowest BCUT2D eigenvalue weighted by molar-refractivity contribution is -0.446. The van der Waals surface area contributed by atoms with Crippen molar-refractivity contribution in [2.75, 3.05) is 26.2 Å². The van der Waals surface area contributed by atoms with Crippen molar-refractivity contribution in [3.05, 3.63) is 22.0 Å². The number of hydrogen-bond donors (Lipinski definition) is 1. The highest BCUT2D eigenvalue weighted by atomic mass is 16.6. The van der Waals surface area contributed by atoms with Crippen LogP contribution in [0.1, 0.15) is 0 Å². The summed E-state index contributed by atoms with van der Waals surface area (Å²) in [6.07, 6.45) is 0.978. The average Bonchev–Trinajstić information content (AvgIpc) is 2.15. The van der Waals surface area contributed by atoms with Gasteiger partial charge < -0.3 is 15.4 Å². The number of hydrogen-bond acceptors (Lipinski definition) is 5. The second kappa shape index (κ2) is 4.42. The van der Waals surface area contributed by atoms with E-state index in [1.807, 2.05) is 0 Å². The number of nitrogens with one attached hydrogen (secondary N) is 1. The molecule has 0 aromatic carbocycles. The van der Waals surface area contributed by atoms with Crippen LogP contribution in [0.25, 0.3) is 0 Å². The molecule has 1 heterocycles. The van der Waals surface area contributed by atoms with Gasteiger partial charge in [0, 0.05) is 13.1 Å². The van der Waals surface area contributed by atoms with E-state index < -0.39 is 4.92 Å². The molecule has 0 spiro atoms. The summed E-state index contributed by atoms with van der Waals surface area (Å²) in [5.74, 6) is -0.107. The second-order valence-electron chi connectivity index (χ2n) is 2.63. The maximum Gasteiger partial charge on any atom is 0.328 e. The van der Waals surface area contributed by atoms with E-state index in [4.69, 9.17) is 5.26 Å². The molecule has 1 N–H and O–H groups in total. The number of piperazine rings is 1. The molecule has 0 amide bonds. The highest BCUT2D eigenvalue weighted by molar-refractivity contribution is 5.07. The molecule has 6 nitrogen and oxygen atoms in total. The SMILES string of the molecule is N#C/C=C(\N1CCNCC1)[N+](=O)[O-]. The summed E-state index contributed by atoms with van der Waals surface area (Å²) in [5.41, 5.74) is 0. The Hall–Kier alpha value is -1.61. The molecule has 70 valence electrons. The lowest BCUT2D eigenvalue weighted by atomic mass is 10.3. The first-order valence-electron chi connectivity index (χ1n) is 3.95. The summed E-state index contributed by atoms with van der Waals surface area (Å²) in [4.78, 5) is 11.6. The van der Waals surface area contributed by atoms with Crippen molar-refractivity contribution < 1.29 is 4.92 Å². The van der Waals surface area contributed by atoms with Gasteiger partial charge in [0.05, 0.1) is 19.2 Å². The van der Waals surface area contributed by atoms with E-state index in [9.17, 15) is 10.1 Å². The molecule has 0 atom stereocenters. The third kappa shape index (κ3) is 2.42. The Bertz CT molecular complexity index is 262. The molecule has 0 aliphatic carbocycles. The zero-order valence-electron chi connectivity index (χ0n) is 7.06. The predicted octanol–water partition coefficient (Wildman–Crippen LogP) is -0.467. The largest absolute Gasteiger partial charge is 0.358 e. The molecule has 1 aliphatic heterocycles. The number of allylic oxidation sites excluding steroid dienone is 1. The number of rotatable bonds is 2. The Kier molecular flexibility index (Phi) is 3.23. The smallest absolute Gasteiger partial charge is 0.328 e.